The number of imidazole rings is 1. The highest BCUT2D eigenvalue weighted by Gasteiger charge is 2.29. The number of hydrogen-bond donors (Lipinski definition) is 0. The molecule has 3 nitrogen and oxygen atoms in total. The number of halogens is 2. The van der Waals surface area contributed by atoms with Crippen LogP contribution in [0.4, 0.5) is 8.78 Å². The zero-order valence-electron chi connectivity index (χ0n) is 11.5. The average Bonchev–Trinajstić information content (AvgIpc) is 3.22. The van der Waals surface area contributed by atoms with Crippen LogP contribution in [0.15, 0.2) is 30.6 Å². The summed E-state index contributed by atoms with van der Waals surface area (Å²) in [6, 6.07) is 4.70. The molecule has 0 radical (unpaired) electrons. The molecule has 0 aliphatic heterocycles. The highest BCUT2D eigenvalue weighted by atomic mass is 19.2. The van der Waals surface area contributed by atoms with Crippen LogP contribution in [0.1, 0.15) is 24.4 Å². The third kappa shape index (κ3) is 2.00. The van der Waals surface area contributed by atoms with E-state index >= 15 is 0 Å². The van der Waals surface area contributed by atoms with E-state index in [4.69, 9.17) is 0 Å². The summed E-state index contributed by atoms with van der Waals surface area (Å²) in [5.41, 5.74) is 3.03. The summed E-state index contributed by atoms with van der Waals surface area (Å²) in [7, 11) is 0. The lowest BCUT2D eigenvalue weighted by Crippen LogP contribution is -1.98. The molecule has 106 valence electrons. The van der Waals surface area contributed by atoms with Crippen molar-refractivity contribution in [2.75, 3.05) is 0 Å². The molecule has 0 bridgehead atoms. The normalized spacial score (nSPS) is 14.8. The van der Waals surface area contributed by atoms with Crippen LogP contribution in [-0.2, 0) is 0 Å². The maximum atomic E-state index is 13.6. The number of pyridine rings is 1. The Morgan fingerprint density at radius 3 is 2.57 bits per heavy atom. The molecule has 1 aliphatic rings. The third-order valence-electron chi connectivity index (χ3n) is 3.78. The Balaban J connectivity index is 2.02. The first-order valence-corrected chi connectivity index (χ1v) is 6.92. The fourth-order valence-corrected chi connectivity index (χ4v) is 2.67. The van der Waals surface area contributed by atoms with Gasteiger partial charge in [-0.1, -0.05) is 0 Å². The number of rotatable bonds is 2. The van der Waals surface area contributed by atoms with Gasteiger partial charge >= 0.3 is 0 Å². The summed E-state index contributed by atoms with van der Waals surface area (Å²) in [6.07, 6.45) is 5.58. The van der Waals surface area contributed by atoms with Gasteiger partial charge in [0.2, 0.25) is 0 Å². The van der Waals surface area contributed by atoms with Crippen molar-refractivity contribution in [2.24, 2.45) is 0 Å². The van der Waals surface area contributed by atoms with E-state index in [1.807, 2.05) is 17.6 Å². The van der Waals surface area contributed by atoms with Gasteiger partial charge in [-0.3, -0.25) is 4.98 Å². The molecule has 0 amide bonds. The number of nitrogens with zero attached hydrogens (tertiary/aromatic N) is 3. The summed E-state index contributed by atoms with van der Waals surface area (Å²) >= 11 is 0. The molecule has 21 heavy (non-hydrogen) atoms. The topological polar surface area (TPSA) is 30.7 Å². The van der Waals surface area contributed by atoms with Gasteiger partial charge < -0.3 is 4.57 Å². The fourth-order valence-electron chi connectivity index (χ4n) is 2.67. The summed E-state index contributed by atoms with van der Waals surface area (Å²) in [4.78, 5) is 8.69. The first-order chi connectivity index (χ1) is 10.1. The predicted molar refractivity (Wildman–Crippen MR) is 75.9 cm³/mol. The summed E-state index contributed by atoms with van der Waals surface area (Å²) in [5.74, 6) is -0.969. The molecule has 3 aromatic rings. The van der Waals surface area contributed by atoms with Crippen molar-refractivity contribution < 1.29 is 8.78 Å². The van der Waals surface area contributed by atoms with E-state index < -0.39 is 11.6 Å². The highest BCUT2D eigenvalue weighted by molar-refractivity contribution is 5.81. The molecule has 0 unspecified atom stereocenters. The van der Waals surface area contributed by atoms with Crippen LogP contribution in [0.2, 0.25) is 0 Å². The molecule has 1 aromatic carbocycles. The average molecular weight is 285 g/mol. The zero-order valence-corrected chi connectivity index (χ0v) is 11.5. The van der Waals surface area contributed by atoms with E-state index in [0.29, 0.717) is 17.1 Å². The Labute approximate surface area is 120 Å². The second-order valence-corrected chi connectivity index (χ2v) is 5.54. The number of aromatic nitrogens is 3. The first-order valence-electron chi connectivity index (χ1n) is 6.92. The third-order valence-corrected chi connectivity index (χ3v) is 3.78. The Hall–Kier alpha value is -2.30. The summed E-state index contributed by atoms with van der Waals surface area (Å²) < 4.78 is 29.0. The lowest BCUT2D eigenvalue weighted by atomic mass is 10.2. The molecule has 0 atom stereocenters. The Morgan fingerprint density at radius 1 is 1.10 bits per heavy atom. The van der Waals surface area contributed by atoms with E-state index in [-0.39, 0.29) is 0 Å². The van der Waals surface area contributed by atoms with Gasteiger partial charge in [0.05, 0.1) is 11.0 Å². The van der Waals surface area contributed by atoms with Crippen molar-refractivity contribution in [3.63, 3.8) is 0 Å². The first kappa shape index (κ1) is 12.4. The number of hydrogen-bond acceptors (Lipinski definition) is 2. The molecule has 4 rings (SSSR count). The molecule has 5 heteroatoms. The van der Waals surface area contributed by atoms with Gasteiger partial charge in [-0.25, -0.2) is 13.8 Å². The second-order valence-electron chi connectivity index (χ2n) is 5.54. The van der Waals surface area contributed by atoms with Gasteiger partial charge in [-0.05, 0) is 31.4 Å². The molecule has 0 saturated heterocycles. The van der Waals surface area contributed by atoms with Gasteiger partial charge in [-0.15, -0.1) is 0 Å². The Morgan fingerprint density at radius 2 is 1.86 bits per heavy atom. The Kier molecular flexibility index (Phi) is 2.58. The van der Waals surface area contributed by atoms with Crippen LogP contribution < -0.4 is 0 Å². The minimum atomic E-state index is -0.864. The number of fused-ring (bicyclic) bond motifs is 1. The van der Waals surface area contributed by atoms with Crippen LogP contribution in [0.25, 0.3) is 22.4 Å². The van der Waals surface area contributed by atoms with Crippen LogP contribution in [0.3, 0.4) is 0 Å². The molecule has 0 N–H and O–H groups in total. The van der Waals surface area contributed by atoms with Crippen LogP contribution in [-0.4, -0.2) is 14.5 Å². The maximum Gasteiger partial charge on any atom is 0.161 e. The van der Waals surface area contributed by atoms with Crippen LogP contribution in [0.5, 0.6) is 0 Å². The quantitative estimate of drug-likeness (QED) is 0.712. The van der Waals surface area contributed by atoms with Gasteiger partial charge in [0.15, 0.2) is 11.6 Å². The zero-order chi connectivity index (χ0) is 14.6. The van der Waals surface area contributed by atoms with Gasteiger partial charge in [0.1, 0.15) is 5.82 Å². The van der Waals surface area contributed by atoms with Crippen molar-refractivity contribution in [3.05, 3.63) is 47.8 Å². The standard InChI is InChI=1S/C16H13F2N3/c1-9-4-10(8-19-7-9)16-20-14-5-12(17)13(18)6-15(14)21(16)11-2-3-11/h4-8,11H,2-3H2,1H3. The molecular formula is C16H13F2N3. The molecule has 1 aliphatic carbocycles. The van der Waals surface area contributed by atoms with Gasteiger partial charge in [0, 0.05) is 36.1 Å². The highest BCUT2D eigenvalue weighted by Crippen LogP contribution is 2.41. The maximum absolute atomic E-state index is 13.6. The smallest absolute Gasteiger partial charge is 0.161 e. The summed E-state index contributed by atoms with van der Waals surface area (Å²) in [5, 5.41) is 0. The number of benzene rings is 1. The van der Waals surface area contributed by atoms with Crippen LogP contribution in [0, 0.1) is 18.6 Å². The SMILES string of the molecule is Cc1cncc(-c2nc3cc(F)c(F)cc3n2C2CC2)c1. The molecular weight excluding hydrogens is 272 g/mol. The van der Waals surface area contributed by atoms with Crippen molar-refractivity contribution >= 4 is 11.0 Å². The van der Waals surface area contributed by atoms with Crippen LogP contribution >= 0.6 is 0 Å². The van der Waals surface area contributed by atoms with E-state index in [1.165, 1.54) is 6.07 Å². The molecule has 2 aromatic heterocycles. The van der Waals surface area contributed by atoms with E-state index in [2.05, 4.69) is 9.97 Å². The van der Waals surface area contributed by atoms with Gasteiger partial charge in [0.25, 0.3) is 0 Å². The molecule has 2 heterocycles. The molecule has 1 saturated carbocycles. The monoisotopic (exact) mass is 285 g/mol. The van der Waals surface area contributed by atoms with E-state index in [9.17, 15) is 8.78 Å². The lowest BCUT2D eigenvalue weighted by molar-refractivity contribution is 0.510. The van der Waals surface area contributed by atoms with E-state index in [1.54, 1.807) is 12.4 Å². The van der Waals surface area contributed by atoms with Crippen molar-refractivity contribution in [2.45, 2.75) is 25.8 Å². The number of aryl methyl sites for hydroxylation is 1. The molecule has 0 spiro atoms. The summed E-state index contributed by atoms with van der Waals surface area (Å²) in [6.45, 7) is 1.96. The van der Waals surface area contributed by atoms with E-state index in [0.717, 1.165) is 35.9 Å². The van der Waals surface area contributed by atoms with Crippen molar-refractivity contribution in [3.8, 4) is 11.4 Å². The van der Waals surface area contributed by atoms with Gasteiger partial charge in [-0.2, -0.15) is 0 Å². The fraction of sp³-hybridized carbons (Fsp3) is 0.250. The Bertz CT molecular complexity index is 850. The minimum absolute atomic E-state index is 0.315. The second kappa shape index (κ2) is 4.35. The van der Waals surface area contributed by atoms with Crippen molar-refractivity contribution in [1.82, 2.24) is 14.5 Å². The lowest BCUT2D eigenvalue weighted by Gasteiger charge is -2.08. The predicted octanol–water partition coefficient (Wildman–Crippen LogP) is 4.02. The molecule has 1 fully saturated rings. The minimum Gasteiger partial charge on any atom is -0.321 e. The largest absolute Gasteiger partial charge is 0.321 e. The van der Waals surface area contributed by atoms with Crippen molar-refractivity contribution in [1.29, 1.82) is 0 Å².